The summed E-state index contributed by atoms with van der Waals surface area (Å²) < 4.78 is 5.76. The van der Waals surface area contributed by atoms with E-state index in [1.807, 2.05) is 62.4 Å². The number of nitrogens with zero attached hydrogens (tertiary/aromatic N) is 1. The highest BCUT2D eigenvalue weighted by Crippen LogP contribution is 2.27. The van der Waals surface area contributed by atoms with E-state index < -0.39 is 13.6 Å². The summed E-state index contributed by atoms with van der Waals surface area (Å²) in [5.74, 6) is 0.678. The molecule has 0 unspecified atom stereocenters. The first-order chi connectivity index (χ1) is 11.1. The highest BCUT2D eigenvalue weighted by Gasteiger charge is 2.31. The van der Waals surface area contributed by atoms with E-state index in [9.17, 15) is 4.79 Å². The minimum Gasteiger partial charge on any atom is -0.410 e. The van der Waals surface area contributed by atoms with E-state index >= 15 is 0 Å². The van der Waals surface area contributed by atoms with Gasteiger partial charge in [-0.3, -0.25) is 0 Å². The third-order valence-electron chi connectivity index (χ3n) is 4.48. The summed E-state index contributed by atoms with van der Waals surface area (Å²) in [7, 11) is 0.199. The molecule has 0 bridgehead atoms. The van der Waals surface area contributed by atoms with Gasteiger partial charge in [0, 0.05) is 7.05 Å². The molecule has 2 aromatic rings. The maximum atomic E-state index is 12.7. The van der Waals surface area contributed by atoms with Gasteiger partial charge in [-0.15, -0.1) is 0 Å². The van der Waals surface area contributed by atoms with Gasteiger partial charge >= 0.3 is 6.09 Å². The SMILES string of the molecule is CN(C(=O)Oc1ccccc1[Si](C)(C)C)C(C)(C)c1ccccc1. The van der Waals surface area contributed by atoms with Gasteiger partial charge in [-0.2, -0.15) is 0 Å². The lowest BCUT2D eigenvalue weighted by molar-refractivity contribution is 0.116. The van der Waals surface area contributed by atoms with Crippen molar-refractivity contribution in [2.75, 3.05) is 7.05 Å². The standard InChI is InChI=1S/C20H27NO2Si/c1-20(2,16-12-8-7-9-13-16)21(3)19(22)23-17-14-10-11-15-18(17)24(4,5)6/h7-15H,1-6H3. The van der Waals surface area contributed by atoms with Gasteiger partial charge in [0.1, 0.15) is 5.75 Å². The summed E-state index contributed by atoms with van der Waals surface area (Å²) >= 11 is 0. The second-order valence-electron chi connectivity index (χ2n) is 7.60. The number of carbonyl (C=O) groups is 1. The smallest absolute Gasteiger partial charge is 0.410 e. The minimum atomic E-state index is -1.59. The van der Waals surface area contributed by atoms with E-state index in [1.54, 1.807) is 11.9 Å². The Kier molecular flexibility index (Phi) is 5.18. The van der Waals surface area contributed by atoms with Gasteiger partial charge in [0.25, 0.3) is 0 Å². The lowest BCUT2D eigenvalue weighted by Crippen LogP contribution is -2.45. The highest BCUT2D eigenvalue weighted by molar-refractivity contribution is 6.89. The van der Waals surface area contributed by atoms with Crippen LogP contribution in [0.1, 0.15) is 19.4 Å². The molecule has 0 aliphatic rings. The second-order valence-corrected chi connectivity index (χ2v) is 12.6. The fourth-order valence-electron chi connectivity index (χ4n) is 2.61. The zero-order valence-electron chi connectivity index (χ0n) is 15.5. The van der Waals surface area contributed by atoms with Crippen LogP contribution in [0.15, 0.2) is 54.6 Å². The second kappa shape index (κ2) is 6.81. The van der Waals surface area contributed by atoms with Crippen LogP contribution in [-0.2, 0) is 5.54 Å². The Labute approximate surface area is 146 Å². The fraction of sp³-hybridized carbons (Fsp3) is 0.350. The number of rotatable bonds is 4. The molecule has 4 heteroatoms. The van der Waals surface area contributed by atoms with Crippen molar-refractivity contribution in [3.05, 3.63) is 60.2 Å². The van der Waals surface area contributed by atoms with E-state index in [4.69, 9.17) is 4.74 Å². The van der Waals surface area contributed by atoms with Crippen molar-refractivity contribution in [1.29, 1.82) is 0 Å². The summed E-state index contributed by atoms with van der Waals surface area (Å²) in [6.45, 7) is 10.8. The van der Waals surface area contributed by atoms with Gasteiger partial charge in [0.05, 0.1) is 13.6 Å². The number of carbonyl (C=O) groups excluding carboxylic acids is 1. The lowest BCUT2D eigenvalue weighted by atomic mass is 9.93. The van der Waals surface area contributed by atoms with Crippen LogP contribution >= 0.6 is 0 Å². The molecule has 0 saturated heterocycles. The molecule has 128 valence electrons. The summed E-state index contributed by atoms with van der Waals surface area (Å²) in [6.07, 6.45) is -0.338. The van der Waals surface area contributed by atoms with Gasteiger partial charge in [-0.05, 0) is 30.7 Å². The first-order valence-corrected chi connectivity index (χ1v) is 11.7. The van der Waals surface area contributed by atoms with Crippen molar-refractivity contribution in [2.45, 2.75) is 39.0 Å². The van der Waals surface area contributed by atoms with E-state index in [2.05, 4.69) is 25.7 Å². The molecule has 3 nitrogen and oxygen atoms in total. The van der Waals surface area contributed by atoms with E-state index in [-0.39, 0.29) is 6.09 Å². The van der Waals surface area contributed by atoms with Crippen molar-refractivity contribution < 1.29 is 9.53 Å². The van der Waals surface area contributed by atoms with Crippen LogP contribution in [0.3, 0.4) is 0 Å². The normalized spacial score (nSPS) is 11.9. The minimum absolute atomic E-state index is 0.338. The molecular formula is C20H27NO2Si. The molecule has 0 aliphatic heterocycles. The van der Waals surface area contributed by atoms with Gasteiger partial charge in [-0.25, -0.2) is 4.79 Å². The Morgan fingerprint density at radius 1 is 0.958 bits per heavy atom. The number of para-hydroxylation sites is 1. The van der Waals surface area contributed by atoms with Gasteiger partial charge in [0.15, 0.2) is 0 Å². The number of amides is 1. The molecule has 0 N–H and O–H groups in total. The van der Waals surface area contributed by atoms with Gasteiger partial charge in [-0.1, -0.05) is 68.2 Å². The maximum Gasteiger partial charge on any atom is 0.415 e. The molecule has 0 saturated carbocycles. The van der Waals surface area contributed by atoms with Gasteiger partial charge in [0.2, 0.25) is 0 Å². The predicted octanol–water partition coefficient (Wildman–Crippen LogP) is 4.60. The van der Waals surface area contributed by atoms with Crippen molar-refractivity contribution in [2.24, 2.45) is 0 Å². The molecule has 0 fully saturated rings. The zero-order chi connectivity index (χ0) is 18.0. The van der Waals surface area contributed by atoms with Gasteiger partial charge < -0.3 is 9.64 Å². The van der Waals surface area contributed by atoms with Crippen molar-refractivity contribution >= 4 is 19.4 Å². The van der Waals surface area contributed by atoms with Crippen LogP contribution in [0.2, 0.25) is 19.6 Å². The molecule has 0 heterocycles. The van der Waals surface area contributed by atoms with Crippen molar-refractivity contribution in [3.63, 3.8) is 0 Å². The molecule has 0 atom stereocenters. The third kappa shape index (κ3) is 3.87. The summed E-state index contributed by atoms with van der Waals surface area (Å²) in [5.41, 5.74) is 0.620. The topological polar surface area (TPSA) is 29.5 Å². The molecule has 0 aliphatic carbocycles. The van der Waals surface area contributed by atoms with Crippen LogP contribution in [0.4, 0.5) is 4.79 Å². The average Bonchev–Trinajstić information content (AvgIpc) is 2.54. The van der Waals surface area contributed by atoms with Crippen molar-refractivity contribution in [1.82, 2.24) is 4.90 Å². The van der Waals surface area contributed by atoms with E-state index in [0.29, 0.717) is 5.75 Å². The highest BCUT2D eigenvalue weighted by atomic mass is 28.3. The number of ether oxygens (including phenoxy) is 1. The average molecular weight is 342 g/mol. The zero-order valence-corrected chi connectivity index (χ0v) is 16.5. The molecule has 2 rings (SSSR count). The Balaban J connectivity index is 2.25. The maximum absolute atomic E-state index is 12.7. The molecule has 1 amide bonds. The number of benzene rings is 2. The number of hydrogen-bond acceptors (Lipinski definition) is 2. The van der Waals surface area contributed by atoms with Crippen LogP contribution < -0.4 is 9.92 Å². The molecule has 0 spiro atoms. The summed E-state index contributed by atoms with van der Waals surface area (Å²) in [6, 6.07) is 17.9. The molecule has 24 heavy (non-hydrogen) atoms. The van der Waals surface area contributed by atoms with E-state index in [0.717, 1.165) is 10.8 Å². The first-order valence-electron chi connectivity index (χ1n) is 8.24. The third-order valence-corrected chi connectivity index (χ3v) is 6.51. The first kappa shape index (κ1) is 18.3. The van der Waals surface area contributed by atoms with Crippen molar-refractivity contribution in [3.8, 4) is 5.75 Å². The molecule has 0 radical (unpaired) electrons. The van der Waals surface area contributed by atoms with Crippen LogP contribution in [0.5, 0.6) is 5.75 Å². The largest absolute Gasteiger partial charge is 0.415 e. The Morgan fingerprint density at radius 3 is 2.08 bits per heavy atom. The molecular weight excluding hydrogens is 314 g/mol. The quantitative estimate of drug-likeness (QED) is 0.761. The lowest BCUT2D eigenvalue weighted by Gasteiger charge is -2.35. The molecule has 2 aromatic carbocycles. The number of hydrogen-bond donors (Lipinski definition) is 0. The summed E-state index contributed by atoms with van der Waals surface area (Å²) in [5, 5.41) is 1.16. The van der Waals surface area contributed by atoms with Crippen LogP contribution in [-0.4, -0.2) is 26.1 Å². The van der Waals surface area contributed by atoms with Crippen LogP contribution in [0.25, 0.3) is 0 Å². The predicted molar refractivity (Wildman–Crippen MR) is 103 cm³/mol. The fourth-order valence-corrected chi connectivity index (χ4v) is 4.08. The Hall–Kier alpha value is -2.07. The monoisotopic (exact) mass is 341 g/mol. The molecule has 0 aromatic heterocycles. The Bertz CT molecular complexity index is 705. The van der Waals surface area contributed by atoms with E-state index in [1.165, 1.54) is 0 Å². The Morgan fingerprint density at radius 2 is 1.50 bits per heavy atom. The summed E-state index contributed by atoms with van der Waals surface area (Å²) in [4.78, 5) is 14.4. The van der Waals surface area contributed by atoms with Crippen LogP contribution in [0, 0.1) is 0 Å².